The summed E-state index contributed by atoms with van der Waals surface area (Å²) in [6.45, 7) is 8.25. The summed E-state index contributed by atoms with van der Waals surface area (Å²) < 4.78 is 0. The maximum atomic E-state index is 9.97. The first-order valence-corrected chi connectivity index (χ1v) is 4.83. The fourth-order valence-electron chi connectivity index (χ4n) is 1.88. The lowest BCUT2D eigenvalue weighted by molar-refractivity contribution is 0.0717. The maximum absolute atomic E-state index is 9.97. The van der Waals surface area contributed by atoms with Gasteiger partial charge in [-0.05, 0) is 37.5 Å². The molecule has 0 saturated heterocycles. The number of hydrogen-bond acceptors (Lipinski definition) is 1. The Morgan fingerprint density at radius 1 is 1.17 bits per heavy atom. The van der Waals surface area contributed by atoms with Crippen molar-refractivity contribution in [2.24, 2.45) is 5.41 Å². The molecule has 1 N–H and O–H groups in total. The summed E-state index contributed by atoms with van der Waals surface area (Å²) in [4.78, 5) is 0. The number of rotatable bonds is 1. The van der Waals surface area contributed by atoms with Crippen LogP contribution in [0, 0.1) is 5.41 Å². The van der Waals surface area contributed by atoms with E-state index in [0.29, 0.717) is 5.41 Å². The van der Waals surface area contributed by atoms with E-state index in [-0.39, 0.29) is 0 Å². The Morgan fingerprint density at radius 2 is 1.83 bits per heavy atom. The van der Waals surface area contributed by atoms with Gasteiger partial charge in [0.05, 0.1) is 5.60 Å². The van der Waals surface area contributed by atoms with Gasteiger partial charge >= 0.3 is 0 Å². The highest BCUT2D eigenvalue weighted by Crippen LogP contribution is 2.38. The Morgan fingerprint density at radius 3 is 2.42 bits per heavy atom. The first-order valence-electron chi connectivity index (χ1n) is 4.83. The summed E-state index contributed by atoms with van der Waals surface area (Å²) in [5.41, 5.74) is -0.165. The average Bonchev–Trinajstić information content (AvgIpc) is 2.13. The normalized spacial score (nSPS) is 35.6. The molecule has 0 aromatic carbocycles. The van der Waals surface area contributed by atoms with Crippen LogP contribution in [-0.4, -0.2) is 10.7 Å². The summed E-state index contributed by atoms with van der Waals surface area (Å²) in [7, 11) is 0. The molecule has 12 heavy (non-hydrogen) atoms. The van der Waals surface area contributed by atoms with Gasteiger partial charge in [-0.25, -0.2) is 0 Å². The van der Waals surface area contributed by atoms with Crippen LogP contribution in [0.4, 0.5) is 0 Å². The summed E-state index contributed by atoms with van der Waals surface area (Å²) in [6, 6.07) is 0. The van der Waals surface area contributed by atoms with Gasteiger partial charge in [-0.1, -0.05) is 19.9 Å². The van der Waals surface area contributed by atoms with Gasteiger partial charge in [0.25, 0.3) is 0 Å². The lowest BCUT2D eigenvalue weighted by atomic mass is 9.84. The molecule has 1 unspecified atom stereocenters. The van der Waals surface area contributed by atoms with E-state index in [1.807, 2.05) is 0 Å². The molecule has 0 spiro atoms. The molecule has 0 bridgehead atoms. The van der Waals surface area contributed by atoms with E-state index in [0.717, 1.165) is 25.7 Å². The summed E-state index contributed by atoms with van der Waals surface area (Å²) in [5.74, 6) is 0. The van der Waals surface area contributed by atoms with Crippen molar-refractivity contribution >= 4 is 0 Å². The first kappa shape index (κ1) is 9.79. The van der Waals surface area contributed by atoms with Crippen LogP contribution >= 0.6 is 0 Å². The van der Waals surface area contributed by atoms with Crippen molar-refractivity contribution in [2.75, 3.05) is 0 Å². The van der Waals surface area contributed by atoms with Gasteiger partial charge in [-0.2, -0.15) is 0 Å². The Balaban J connectivity index is 2.61. The van der Waals surface area contributed by atoms with E-state index < -0.39 is 5.60 Å². The van der Waals surface area contributed by atoms with Crippen LogP contribution in [0.15, 0.2) is 12.7 Å². The fraction of sp³-hybridized carbons (Fsp3) is 0.818. The molecule has 0 radical (unpaired) electrons. The van der Waals surface area contributed by atoms with Crippen LogP contribution in [-0.2, 0) is 0 Å². The van der Waals surface area contributed by atoms with Crippen LogP contribution in [0.1, 0.15) is 46.0 Å². The number of aliphatic hydroxyl groups is 1. The molecular weight excluding hydrogens is 148 g/mol. The van der Waals surface area contributed by atoms with E-state index in [4.69, 9.17) is 0 Å². The van der Waals surface area contributed by atoms with Crippen molar-refractivity contribution < 1.29 is 5.11 Å². The zero-order valence-electron chi connectivity index (χ0n) is 8.27. The van der Waals surface area contributed by atoms with Gasteiger partial charge in [-0.3, -0.25) is 0 Å². The predicted octanol–water partition coefficient (Wildman–Crippen LogP) is 2.89. The predicted molar refractivity (Wildman–Crippen MR) is 52.0 cm³/mol. The fourth-order valence-corrected chi connectivity index (χ4v) is 1.88. The SMILES string of the molecule is C=CC1(O)CCCC(C)(C)CC1. The van der Waals surface area contributed by atoms with Crippen LogP contribution < -0.4 is 0 Å². The van der Waals surface area contributed by atoms with Crippen LogP contribution in [0.3, 0.4) is 0 Å². The van der Waals surface area contributed by atoms with Crippen molar-refractivity contribution in [1.82, 2.24) is 0 Å². The van der Waals surface area contributed by atoms with E-state index in [9.17, 15) is 5.11 Å². The second-order valence-corrected chi connectivity index (χ2v) is 4.83. The molecule has 0 aliphatic heterocycles. The van der Waals surface area contributed by atoms with E-state index in [2.05, 4.69) is 20.4 Å². The molecule has 1 aliphatic carbocycles. The molecule has 0 heterocycles. The zero-order valence-corrected chi connectivity index (χ0v) is 8.27. The molecule has 1 heteroatoms. The van der Waals surface area contributed by atoms with Crippen molar-refractivity contribution in [2.45, 2.75) is 51.6 Å². The second-order valence-electron chi connectivity index (χ2n) is 4.83. The summed E-state index contributed by atoms with van der Waals surface area (Å²) >= 11 is 0. The minimum Gasteiger partial charge on any atom is -0.386 e. The van der Waals surface area contributed by atoms with Crippen molar-refractivity contribution in [3.8, 4) is 0 Å². The molecule has 0 aromatic heterocycles. The largest absolute Gasteiger partial charge is 0.386 e. The van der Waals surface area contributed by atoms with Gasteiger partial charge in [0, 0.05) is 0 Å². The number of hydrogen-bond donors (Lipinski definition) is 1. The molecule has 1 nitrogen and oxygen atoms in total. The minimum atomic E-state index is -0.576. The lowest BCUT2D eigenvalue weighted by Crippen LogP contribution is -2.24. The maximum Gasteiger partial charge on any atom is 0.0825 e. The molecule has 1 fully saturated rings. The van der Waals surface area contributed by atoms with Crippen LogP contribution in [0.25, 0.3) is 0 Å². The molecule has 70 valence electrons. The molecule has 1 rings (SSSR count). The van der Waals surface area contributed by atoms with Gasteiger partial charge in [0.1, 0.15) is 0 Å². The zero-order chi connectivity index (χ0) is 9.24. The first-order chi connectivity index (χ1) is 5.47. The van der Waals surface area contributed by atoms with Crippen molar-refractivity contribution in [1.29, 1.82) is 0 Å². The summed E-state index contributed by atoms with van der Waals surface area (Å²) in [6.07, 6.45) is 6.94. The Kier molecular flexibility index (Phi) is 2.62. The Hall–Kier alpha value is -0.300. The van der Waals surface area contributed by atoms with Gasteiger partial charge in [-0.15, -0.1) is 6.58 Å². The minimum absolute atomic E-state index is 0.410. The standard InChI is InChI=1S/C11H20O/c1-4-11(12)7-5-6-10(2,3)8-9-11/h4,12H,1,5-9H2,2-3H3. The van der Waals surface area contributed by atoms with E-state index in [1.165, 1.54) is 6.42 Å². The third-order valence-electron chi connectivity index (χ3n) is 3.08. The van der Waals surface area contributed by atoms with Crippen molar-refractivity contribution in [3.63, 3.8) is 0 Å². The molecule has 0 amide bonds. The molecule has 0 aromatic rings. The highest BCUT2D eigenvalue weighted by molar-refractivity contribution is 4.98. The molecule has 1 atom stereocenters. The molecule has 1 saturated carbocycles. The highest BCUT2D eigenvalue weighted by Gasteiger charge is 2.31. The lowest BCUT2D eigenvalue weighted by Gasteiger charge is -2.24. The van der Waals surface area contributed by atoms with Crippen LogP contribution in [0.5, 0.6) is 0 Å². The van der Waals surface area contributed by atoms with Gasteiger partial charge in [0.2, 0.25) is 0 Å². The van der Waals surface area contributed by atoms with E-state index in [1.54, 1.807) is 6.08 Å². The quantitative estimate of drug-likeness (QED) is 0.471. The molecule has 1 aliphatic rings. The monoisotopic (exact) mass is 168 g/mol. The Bertz CT molecular complexity index is 172. The smallest absolute Gasteiger partial charge is 0.0825 e. The van der Waals surface area contributed by atoms with Crippen molar-refractivity contribution in [3.05, 3.63) is 12.7 Å². The molecular formula is C11H20O. The second kappa shape index (κ2) is 3.21. The average molecular weight is 168 g/mol. The van der Waals surface area contributed by atoms with Gasteiger partial charge < -0.3 is 5.11 Å². The van der Waals surface area contributed by atoms with Gasteiger partial charge in [0.15, 0.2) is 0 Å². The highest BCUT2D eigenvalue weighted by atomic mass is 16.3. The Labute approximate surface area is 75.5 Å². The summed E-state index contributed by atoms with van der Waals surface area (Å²) in [5, 5.41) is 9.97. The topological polar surface area (TPSA) is 20.2 Å². The third-order valence-corrected chi connectivity index (χ3v) is 3.08. The third kappa shape index (κ3) is 2.34. The van der Waals surface area contributed by atoms with E-state index >= 15 is 0 Å². The van der Waals surface area contributed by atoms with Crippen LogP contribution in [0.2, 0.25) is 0 Å².